The van der Waals surface area contributed by atoms with Gasteiger partial charge in [0.1, 0.15) is 5.75 Å². The van der Waals surface area contributed by atoms with Crippen LogP contribution in [0.15, 0.2) is 54.6 Å². The van der Waals surface area contributed by atoms with Gasteiger partial charge in [0, 0.05) is 5.92 Å². The lowest BCUT2D eigenvalue weighted by Crippen LogP contribution is -2.13. The van der Waals surface area contributed by atoms with Crippen molar-refractivity contribution in [2.75, 3.05) is 12.4 Å². The van der Waals surface area contributed by atoms with Crippen LogP contribution in [-0.4, -0.2) is 12.4 Å². The van der Waals surface area contributed by atoms with Gasteiger partial charge in [-0.25, -0.2) is 0 Å². The first-order valence-corrected chi connectivity index (χ1v) is 8.31. The molecule has 0 aliphatic rings. The fourth-order valence-corrected chi connectivity index (χ4v) is 2.67. The molecule has 1 atom stereocenters. The van der Waals surface area contributed by atoms with Crippen LogP contribution in [0.3, 0.4) is 0 Å². The van der Waals surface area contributed by atoms with Crippen LogP contribution < -0.4 is 4.74 Å². The molecule has 1 nitrogen and oxygen atoms in total. The minimum atomic E-state index is 0.544. The van der Waals surface area contributed by atoms with E-state index in [4.69, 9.17) is 4.74 Å². The summed E-state index contributed by atoms with van der Waals surface area (Å²) in [5.41, 5.74) is 2.65. The number of benzene rings is 2. The summed E-state index contributed by atoms with van der Waals surface area (Å²) in [7, 11) is 0. The summed E-state index contributed by atoms with van der Waals surface area (Å²) in [5.74, 6) is 2.39. The molecule has 0 fully saturated rings. The van der Waals surface area contributed by atoms with Crippen LogP contribution in [-0.2, 0) is 6.42 Å². The highest BCUT2D eigenvalue weighted by Crippen LogP contribution is 2.17. The summed E-state index contributed by atoms with van der Waals surface area (Å²) in [5, 5.41) is 0. The smallest absolute Gasteiger partial charge is 0.119 e. The van der Waals surface area contributed by atoms with Crippen LogP contribution in [0.25, 0.3) is 0 Å². The Morgan fingerprint density at radius 1 is 0.952 bits per heavy atom. The summed E-state index contributed by atoms with van der Waals surface area (Å²) in [6.45, 7) is 2.96. The molecule has 2 aromatic carbocycles. The summed E-state index contributed by atoms with van der Waals surface area (Å²) in [6.07, 6.45) is 3.33. The Kier molecular flexibility index (Phi) is 6.68. The van der Waals surface area contributed by atoms with Crippen LogP contribution in [0.1, 0.15) is 30.9 Å². The standard InChI is InChI=1S/C19H24OS/c1-2-6-18(15-21)14-20-19-11-9-17(10-12-19)13-16-7-4-3-5-8-16/h3-5,7-12,18,21H,2,6,13-15H2,1H3. The fraction of sp³-hybridized carbons (Fsp3) is 0.368. The topological polar surface area (TPSA) is 9.23 Å². The summed E-state index contributed by atoms with van der Waals surface area (Å²) < 4.78 is 5.87. The minimum absolute atomic E-state index is 0.544. The van der Waals surface area contributed by atoms with Crippen LogP contribution in [0, 0.1) is 5.92 Å². The molecule has 2 rings (SSSR count). The highest BCUT2D eigenvalue weighted by atomic mass is 32.1. The molecule has 0 bridgehead atoms. The van der Waals surface area contributed by atoms with E-state index in [1.165, 1.54) is 24.0 Å². The van der Waals surface area contributed by atoms with Crippen LogP contribution in [0.4, 0.5) is 0 Å². The predicted molar refractivity (Wildman–Crippen MR) is 93.4 cm³/mol. The third-order valence-corrected chi connectivity index (χ3v) is 4.13. The highest BCUT2D eigenvalue weighted by molar-refractivity contribution is 7.80. The van der Waals surface area contributed by atoms with E-state index < -0.39 is 0 Å². The van der Waals surface area contributed by atoms with Crippen molar-refractivity contribution >= 4 is 12.6 Å². The maximum absolute atomic E-state index is 5.87. The van der Waals surface area contributed by atoms with Gasteiger partial charge in [0.2, 0.25) is 0 Å². The van der Waals surface area contributed by atoms with Crippen molar-refractivity contribution in [3.8, 4) is 5.75 Å². The van der Waals surface area contributed by atoms with Crippen LogP contribution in [0.2, 0.25) is 0 Å². The van der Waals surface area contributed by atoms with Gasteiger partial charge in [0.15, 0.2) is 0 Å². The van der Waals surface area contributed by atoms with E-state index in [-0.39, 0.29) is 0 Å². The predicted octanol–water partition coefficient (Wildman–Crippen LogP) is 5.00. The van der Waals surface area contributed by atoms with Gasteiger partial charge in [-0.15, -0.1) is 0 Å². The van der Waals surface area contributed by atoms with E-state index in [2.05, 4.69) is 74.1 Å². The molecule has 0 aliphatic carbocycles. The number of rotatable bonds is 8. The quantitative estimate of drug-likeness (QED) is 0.675. The van der Waals surface area contributed by atoms with Crippen molar-refractivity contribution in [1.82, 2.24) is 0 Å². The fourth-order valence-electron chi connectivity index (χ4n) is 2.38. The molecule has 0 amide bonds. The van der Waals surface area contributed by atoms with E-state index in [9.17, 15) is 0 Å². The molecule has 0 aliphatic heterocycles. The second-order valence-corrected chi connectivity index (χ2v) is 5.82. The normalized spacial score (nSPS) is 12.1. The summed E-state index contributed by atoms with van der Waals surface area (Å²) >= 11 is 4.39. The van der Waals surface area contributed by atoms with Crippen molar-refractivity contribution in [3.05, 3.63) is 65.7 Å². The Bertz CT molecular complexity index is 507. The van der Waals surface area contributed by atoms with E-state index in [0.717, 1.165) is 24.5 Å². The summed E-state index contributed by atoms with van der Waals surface area (Å²) in [4.78, 5) is 0. The lowest BCUT2D eigenvalue weighted by molar-refractivity contribution is 0.254. The number of hydrogen-bond donors (Lipinski definition) is 1. The number of thiol groups is 1. The van der Waals surface area contributed by atoms with Crippen molar-refractivity contribution in [2.24, 2.45) is 5.92 Å². The molecule has 21 heavy (non-hydrogen) atoms. The lowest BCUT2D eigenvalue weighted by atomic mass is 10.1. The van der Waals surface area contributed by atoms with Gasteiger partial charge < -0.3 is 4.74 Å². The Morgan fingerprint density at radius 2 is 1.62 bits per heavy atom. The third kappa shape index (κ3) is 5.47. The second kappa shape index (κ2) is 8.78. The lowest BCUT2D eigenvalue weighted by Gasteiger charge is -2.14. The molecule has 0 aromatic heterocycles. The van der Waals surface area contributed by atoms with Gasteiger partial charge in [-0.3, -0.25) is 0 Å². The van der Waals surface area contributed by atoms with Crippen molar-refractivity contribution in [1.29, 1.82) is 0 Å². The zero-order chi connectivity index (χ0) is 14.9. The molecule has 0 N–H and O–H groups in total. The van der Waals surface area contributed by atoms with Crippen molar-refractivity contribution < 1.29 is 4.74 Å². The average Bonchev–Trinajstić information content (AvgIpc) is 2.54. The largest absolute Gasteiger partial charge is 0.493 e. The molecule has 0 saturated carbocycles. The zero-order valence-corrected chi connectivity index (χ0v) is 13.6. The Labute approximate surface area is 133 Å². The van der Waals surface area contributed by atoms with Gasteiger partial charge in [-0.1, -0.05) is 55.8 Å². The van der Waals surface area contributed by atoms with Gasteiger partial charge in [0.25, 0.3) is 0 Å². The Hall–Kier alpha value is -1.41. The molecular formula is C19H24OS. The number of hydrogen-bond acceptors (Lipinski definition) is 2. The molecule has 2 heteroatoms. The van der Waals surface area contributed by atoms with Gasteiger partial charge in [-0.2, -0.15) is 12.6 Å². The van der Waals surface area contributed by atoms with E-state index in [0.29, 0.717) is 5.92 Å². The van der Waals surface area contributed by atoms with Gasteiger partial charge >= 0.3 is 0 Å². The minimum Gasteiger partial charge on any atom is -0.493 e. The molecule has 0 saturated heterocycles. The monoisotopic (exact) mass is 300 g/mol. The van der Waals surface area contributed by atoms with E-state index >= 15 is 0 Å². The molecular weight excluding hydrogens is 276 g/mol. The van der Waals surface area contributed by atoms with Gasteiger partial charge in [-0.05, 0) is 41.9 Å². The first-order valence-electron chi connectivity index (χ1n) is 7.68. The second-order valence-electron chi connectivity index (χ2n) is 5.45. The first-order chi connectivity index (χ1) is 10.3. The van der Waals surface area contributed by atoms with Crippen LogP contribution in [0.5, 0.6) is 5.75 Å². The summed E-state index contributed by atoms with van der Waals surface area (Å²) in [6, 6.07) is 19.0. The van der Waals surface area contributed by atoms with E-state index in [1.54, 1.807) is 0 Å². The maximum atomic E-state index is 5.87. The maximum Gasteiger partial charge on any atom is 0.119 e. The SMILES string of the molecule is CCCC(CS)COc1ccc(Cc2ccccc2)cc1. The number of ether oxygens (including phenoxy) is 1. The third-order valence-electron chi connectivity index (χ3n) is 3.62. The van der Waals surface area contributed by atoms with Crippen molar-refractivity contribution in [3.63, 3.8) is 0 Å². The highest BCUT2D eigenvalue weighted by Gasteiger charge is 2.06. The molecule has 0 radical (unpaired) electrons. The first kappa shape index (κ1) is 16.0. The van der Waals surface area contributed by atoms with Crippen molar-refractivity contribution in [2.45, 2.75) is 26.2 Å². The average molecular weight is 300 g/mol. The van der Waals surface area contributed by atoms with Crippen LogP contribution >= 0.6 is 12.6 Å². The Morgan fingerprint density at radius 3 is 2.24 bits per heavy atom. The Balaban J connectivity index is 1.87. The molecule has 1 unspecified atom stereocenters. The molecule has 2 aromatic rings. The molecule has 112 valence electrons. The zero-order valence-electron chi connectivity index (χ0n) is 12.7. The molecule has 0 spiro atoms. The molecule has 0 heterocycles. The van der Waals surface area contributed by atoms with E-state index in [1.807, 2.05) is 0 Å². The van der Waals surface area contributed by atoms with Gasteiger partial charge in [0.05, 0.1) is 6.61 Å².